The summed E-state index contributed by atoms with van der Waals surface area (Å²) in [6.07, 6.45) is 0.647. The fourth-order valence-electron chi connectivity index (χ4n) is 3.06. The summed E-state index contributed by atoms with van der Waals surface area (Å²) in [6, 6.07) is 13.9. The van der Waals surface area contributed by atoms with Crippen LogP contribution in [0.3, 0.4) is 0 Å². The van der Waals surface area contributed by atoms with Crippen LogP contribution in [0.15, 0.2) is 53.0 Å². The summed E-state index contributed by atoms with van der Waals surface area (Å²) in [6.45, 7) is 4.17. The quantitative estimate of drug-likeness (QED) is 0.350. The molecule has 9 heteroatoms. The monoisotopic (exact) mass is 483 g/mol. The van der Waals surface area contributed by atoms with Crippen LogP contribution in [0.2, 0.25) is 5.02 Å². The zero-order valence-corrected chi connectivity index (χ0v) is 20.3. The van der Waals surface area contributed by atoms with E-state index >= 15 is 0 Å². The highest BCUT2D eigenvalue weighted by Gasteiger charge is 2.14. The second kappa shape index (κ2) is 9.85. The van der Waals surface area contributed by atoms with E-state index in [1.807, 2.05) is 41.3 Å². The number of aromatic nitrogens is 4. The fraction of sp³-hybridized carbons (Fsp3) is 0.217. The van der Waals surface area contributed by atoms with Crippen LogP contribution in [-0.4, -0.2) is 31.4 Å². The lowest BCUT2D eigenvalue weighted by Crippen LogP contribution is -2.14. The minimum Gasteiger partial charge on any atom is -0.309 e. The van der Waals surface area contributed by atoms with Gasteiger partial charge in [-0.3, -0.25) is 4.79 Å². The topological polar surface area (TPSA) is 72.7 Å². The third kappa shape index (κ3) is 5.38. The third-order valence-corrected chi connectivity index (χ3v) is 7.12. The Morgan fingerprint density at radius 1 is 1.12 bits per heavy atom. The molecule has 0 saturated carbocycles. The number of benzene rings is 2. The number of hydrogen-bond donors (Lipinski definition) is 1. The van der Waals surface area contributed by atoms with Gasteiger partial charge in [0.2, 0.25) is 5.91 Å². The van der Waals surface area contributed by atoms with Crippen LogP contribution in [0.5, 0.6) is 0 Å². The molecule has 4 aromatic rings. The number of anilines is 1. The molecule has 0 fully saturated rings. The lowest BCUT2D eigenvalue weighted by Gasteiger charge is -2.05. The number of carbonyl (C=O) groups is 1. The summed E-state index contributed by atoms with van der Waals surface area (Å²) in [4.78, 5) is 17.0. The normalized spacial score (nSPS) is 11.0. The van der Waals surface area contributed by atoms with Gasteiger partial charge in [0.25, 0.3) is 0 Å². The van der Waals surface area contributed by atoms with Crippen molar-refractivity contribution >= 4 is 45.7 Å². The van der Waals surface area contributed by atoms with Crippen molar-refractivity contribution < 1.29 is 4.79 Å². The van der Waals surface area contributed by atoms with E-state index in [1.54, 1.807) is 0 Å². The first-order chi connectivity index (χ1) is 15.4. The Morgan fingerprint density at radius 2 is 1.91 bits per heavy atom. The summed E-state index contributed by atoms with van der Waals surface area (Å²) in [7, 11) is 1.90. The van der Waals surface area contributed by atoms with Crippen LogP contribution in [-0.2, 0) is 18.3 Å². The van der Waals surface area contributed by atoms with Gasteiger partial charge in [-0.2, -0.15) is 0 Å². The van der Waals surface area contributed by atoms with Crippen molar-refractivity contribution in [3.63, 3.8) is 0 Å². The van der Waals surface area contributed by atoms with E-state index < -0.39 is 0 Å². The maximum atomic E-state index is 12.4. The molecule has 164 valence electrons. The largest absolute Gasteiger partial charge is 0.309 e. The molecule has 2 aromatic carbocycles. The Hall–Kier alpha value is -2.68. The van der Waals surface area contributed by atoms with E-state index in [0.717, 1.165) is 22.6 Å². The summed E-state index contributed by atoms with van der Waals surface area (Å²) < 4.78 is 1.91. The third-order valence-electron chi connectivity index (χ3n) is 5.09. The Bertz CT molecular complexity index is 1250. The van der Waals surface area contributed by atoms with Gasteiger partial charge in [0, 0.05) is 29.4 Å². The Morgan fingerprint density at radius 3 is 2.66 bits per heavy atom. The zero-order valence-electron chi connectivity index (χ0n) is 17.9. The molecule has 2 aromatic heterocycles. The van der Waals surface area contributed by atoms with Gasteiger partial charge in [0.1, 0.15) is 5.82 Å². The average molecular weight is 484 g/mol. The molecule has 0 unspecified atom stereocenters. The van der Waals surface area contributed by atoms with E-state index in [4.69, 9.17) is 11.6 Å². The van der Waals surface area contributed by atoms with Gasteiger partial charge in [0.05, 0.1) is 11.4 Å². The molecule has 4 rings (SSSR count). The number of rotatable bonds is 7. The van der Waals surface area contributed by atoms with Crippen molar-refractivity contribution in [3.05, 3.63) is 75.4 Å². The summed E-state index contributed by atoms with van der Waals surface area (Å²) in [5.74, 6) is 0.928. The van der Waals surface area contributed by atoms with Gasteiger partial charge in [-0.1, -0.05) is 47.6 Å². The molecular weight excluding hydrogens is 462 g/mol. The van der Waals surface area contributed by atoms with Gasteiger partial charge in [-0.25, -0.2) is 4.98 Å². The summed E-state index contributed by atoms with van der Waals surface area (Å²) in [5.41, 5.74) is 5.47. The molecule has 0 bridgehead atoms. The lowest BCUT2D eigenvalue weighted by atomic mass is 10.1. The number of carbonyl (C=O) groups excluding carboxylic acids is 1. The van der Waals surface area contributed by atoms with Crippen molar-refractivity contribution in [1.29, 1.82) is 0 Å². The predicted molar refractivity (Wildman–Crippen MR) is 132 cm³/mol. The van der Waals surface area contributed by atoms with Crippen LogP contribution in [0.4, 0.5) is 5.13 Å². The van der Waals surface area contributed by atoms with Crippen LogP contribution in [0.25, 0.3) is 11.3 Å². The number of thiazole rings is 1. The molecule has 0 saturated heterocycles. The highest BCUT2D eigenvalue weighted by molar-refractivity contribution is 7.99. The molecular formula is C23H22ClN5OS2. The van der Waals surface area contributed by atoms with E-state index in [9.17, 15) is 4.79 Å². The van der Waals surface area contributed by atoms with Crippen molar-refractivity contribution in [2.75, 3.05) is 11.1 Å². The minimum atomic E-state index is -0.127. The van der Waals surface area contributed by atoms with E-state index in [-0.39, 0.29) is 11.7 Å². The molecule has 1 amide bonds. The van der Waals surface area contributed by atoms with Crippen LogP contribution in [0, 0.1) is 13.8 Å². The van der Waals surface area contributed by atoms with Crippen molar-refractivity contribution in [1.82, 2.24) is 19.7 Å². The van der Waals surface area contributed by atoms with Crippen LogP contribution >= 0.6 is 34.7 Å². The highest BCUT2D eigenvalue weighted by atomic mass is 35.5. The van der Waals surface area contributed by atoms with E-state index in [1.165, 1.54) is 34.2 Å². The van der Waals surface area contributed by atoms with Gasteiger partial charge < -0.3 is 9.88 Å². The van der Waals surface area contributed by atoms with Gasteiger partial charge >= 0.3 is 0 Å². The van der Waals surface area contributed by atoms with Crippen molar-refractivity contribution in [3.8, 4) is 11.3 Å². The number of halogens is 1. The summed E-state index contributed by atoms with van der Waals surface area (Å²) >= 11 is 8.71. The highest BCUT2D eigenvalue weighted by Crippen LogP contribution is 2.27. The number of nitrogens with zero attached hydrogens (tertiary/aromatic N) is 4. The smallest absolute Gasteiger partial charge is 0.236 e. The van der Waals surface area contributed by atoms with Crippen LogP contribution < -0.4 is 5.32 Å². The first-order valence-corrected chi connectivity index (χ1v) is 12.2. The van der Waals surface area contributed by atoms with Gasteiger partial charge in [0.15, 0.2) is 10.3 Å². The Balaban J connectivity index is 1.33. The molecule has 2 heterocycles. The maximum Gasteiger partial charge on any atom is 0.236 e. The number of thioether (sulfide) groups is 1. The molecule has 0 radical (unpaired) electrons. The standard InChI is InChI=1S/C23H22ClN5OS2/c1-14-4-7-17(10-15(14)2)19-12-31-22(25-19)26-21(30)13-32-23-28-27-20(29(23)3)11-16-5-8-18(24)9-6-16/h4-10,12H,11,13H2,1-3H3,(H,25,26,30). The minimum absolute atomic E-state index is 0.127. The molecule has 6 nitrogen and oxygen atoms in total. The van der Waals surface area contributed by atoms with E-state index in [0.29, 0.717) is 21.7 Å². The SMILES string of the molecule is Cc1ccc(-c2csc(NC(=O)CSc3nnc(Cc4ccc(Cl)cc4)n3C)n2)cc1C. The second-order valence-electron chi connectivity index (χ2n) is 7.43. The number of nitrogens with one attached hydrogen (secondary N) is 1. The summed E-state index contributed by atoms with van der Waals surface area (Å²) in [5, 5.41) is 15.3. The number of amides is 1. The van der Waals surface area contributed by atoms with Crippen molar-refractivity contribution in [2.24, 2.45) is 7.05 Å². The first-order valence-electron chi connectivity index (χ1n) is 9.97. The Labute approximate surface area is 200 Å². The second-order valence-corrected chi connectivity index (χ2v) is 9.67. The lowest BCUT2D eigenvalue weighted by molar-refractivity contribution is -0.113. The average Bonchev–Trinajstić information content (AvgIpc) is 3.37. The molecule has 0 atom stereocenters. The molecule has 0 aliphatic rings. The molecule has 0 spiro atoms. The van der Waals surface area contributed by atoms with Gasteiger partial charge in [-0.05, 0) is 48.7 Å². The van der Waals surface area contributed by atoms with E-state index in [2.05, 4.69) is 52.5 Å². The number of hydrogen-bond acceptors (Lipinski definition) is 6. The molecule has 0 aliphatic carbocycles. The zero-order chi connectivity index (χ0) is 22.7. The Kier molecular flexibility index (Phi) is 6.93. The molecule has 0 aliphatic heterocycles. The molecule has 1 N–H and O–H groups in total. The molecule has 32 heavy (non-hydrogen) atoms. The predicted octanol–water partition coefficient (Wildman–Crippen LogP) is 5.53. The number of aryl methyl sites for hydroxylation is 2. The maximum absolute atomic E-state index is 12.4. The van der Waals surface area contributed by atoms with Gasteiger partial charge in [-0.15, -0.1) is 21.5 Å². The first kappa shape index (κ1) is 22.5. The van der Waals surface area contributed by atoms with Crippen LogP contribution in [0.1, 0.15) is 22.5 Å². The fourth-order valence-corrected chi connectivity index (χ4v) is 4.65. The van der Waals surface area contributed by atoms with Crippen molar-refractivity contribution in [2.45, 2.75) is 25.4 Å².